The molecule has 8 heteroatoms. The van der Waals surface area contributed by atoms with Crippen molar-refractivity contribution in [2.45, 2.75) is 38.5 Å². The predicted molar refractivity (Wildman–Crippen MR) is 143 cm³/mol. The van der Waals surface area contributed by atoms with E-state index in [2.05, 4.69) is 22.8 Å². The Morgan fingerprint density at radius 3 is 2.49 bits per heavy atom. The number of halogens is 1. The maximum Gasteiger partial charge on any atom is 0.257 e. The lowest BCUT2D eigenvalue weighted by Gasteiger charge is -2.23. The molecule has 0 radical (unpaired) electrons. The molecule has 194 valence electrons. The Morgan fingerprint density at radius 1 is 0.973 bits per heavy atom. The SMILES string of the molecule is Cc1oc(-c2ccccc2Cl)cc1C(=O)N1CCCNC(=O)CCC(c2ccccc2)CCNC(=O)C1. The molecule has 2 N–H and O–H groups in total. The molecule has 2 aromatic carbocycles. The number of carbonyl (C=O) groups is 3. The Balaban J connectivity index is 1.49. The molecule has 37 heavy (non-hydrogen) atoms. The second kappa shape index (κ2) is 12.6. The highest BCUT2D eigenvalue weighted by Crippen LogP contribution is 2.31. The van der Waals surface area contributed by atoms with E-state index in [1.165, 1.54) is 4.90 Å². The summed E-state index contributed by atoms with van der Waals surface area (Å²) in [5.74, 6) is 0.597. The Labute approximate surface area is 222 Å². The fourth-order valence-corrected chi connectivity index (χ4v) is 4.85. The minimum absolute atomic E-state index is 0.00466. The van der Waals surface area contributed by atoms with E-state index in [1.54, 1.807) is 19.1 Å². The number of hydrogen-bond donors (Lipinski definition) is 2. The monoisotopic (exact) mass is 521 g/mol. The summed E-state index contributed by atoms with van der Waals surface area (Å²) in [6.45, 7) is 2.86. The van der Waals surface area contributed by atoms with E-state index in [4.69, 9.17) is 16.0 Å². The number of amides is 3. The highest BCUT2D eigenvalue weighted by molar-refractivity contribution is 6.33. The standard InChI is InChI=1S/C29H32ClN3O4/c1-20-24(18-26(37-20)23-10-5-6-11-25(23)30)29(36)33-17-7-15-31-27(34)13-12-22(14-16-32-28(35)19-33)21-8-3-2-4-9-21/h2-6,8-11,18,22H,7,12-17,19H2,1H3,(H,31,34)(H,32,35). The van der Waals surface area contributed by atoms with Gasteiger partial charge in [-0.1, -0.05) is 54.1 Å². The van der Waals surface area contributed by atoms with Gasteiger partial charge in [0.15, 0.2) is 0 Å². The molecule has 0 spiro atoms. The summed E-state index contributed by atoms with van der Waals surface area (Å²) in [4.78, 5) is 40.3. The second-order valence-corrected chi connectivity index (χ2v) is 9.68. The lowest BCUT2D eigenvalue weighted by Crippen LogP contribution is -2.42. The third-order valence-electron chi connectivity index (χ3n) is 6.64. The number of rotatable bonds is 3. The topological polar surface area (TPSA) is 91.7 Å². The molecule has 3 amide bonds. The van der Waals surface area contributed by atoms with E-state index in [9.17, 15) is 14.4 Å². The second-order valence-electron chi connectivity index (χ2n) is 9.28. The van der Waals surface area contributed by atoms with Gasteiger partial charge in [-0.2, -0.15) is 0 Å². The zero-order valence-corrected chi connectivity index (χ0v) is 21.7. The van der Waals surface area contributed by atoms with Gasteiger partial charge in [0.05, 0.1) is 17.1 Å². The van der Waals surface area contributed by atoms with Crippen molar-refractivity contribution in [3.8, 4) is 11.3 Å². The average Bonchev–Trinajstić information content (AvgIpc) is 3.28. The fraction of sp³-hybridized carbons (Fsp3) is 0.345. The van der Waals surface area contributed by atoms with Crippen LogP contribution in [0.5, 0.6) is 0 Å². The molecule has 0 aliphatic carbocycles. The van der Waals surface area contributed by atoms with E-state index in [0.717, 1.165) is 5.56 Å². The normalized spacial score (nSPS) is 18.0. The van der Waals surface area contributed by atoms with Gasteiger partial charge in [0.25, 0.3) is 5.91 Å². The van der Waals surface area contributed by atoms with E-state index in [0.29, 0.717) is 73.0 Å². The first kappa shape index (κ1) is 26.5. The Kier molecular flexibility index (Phi) is 9.01. The van der Waals surface area contributed by atoms with Gasteiger partial charge in [-0.25, -0.2) is 0 Å². The number of furan rings is 1. The van der Waals surface area contributed by atoms with Crippen molar-refractivity contribution in [3.63, 3.8) is 0 Å². The van der Waals surface area contributed by atoms with Crippen LogP contribution in [0, 0.1) is 6.92 Å². The van der Waals surface area contributed by atoms with Crippen LogP contribution in [0.15, 0.2) is 65.1 Å². The van der Waals surface area contributed by atoms with Gasteiger partial charge >= 0.3 is 0 Å². The maximum absolute atomic E-state index is 13.5. The molecular formula is C29H32ClN3O4. The smallest absolute Gasteiger partial charge is 0.257 e. The van der Waals surface area contributed by atoms with Gasteiger partial charge in [-0.15, -0.1) is 0 Å². The predicted octanol–water partition coefficient (Wildman–Crippen LogP) is 4.94. The van der Waals surface area contributed by atoms with E-state index >= 15 is 0 Å². The van der Waals surface area contributed by atoms with Crippen LogP contribution < -0.4 is 10.6 Å². The summed E-state index contributed by atoms with van der Waals surface area (Å²) in [5, 5.41) is 6.44. The van der Waals surface area contributed by atoms with Crippen molar-refractivity contribution in [1.29, 1.82) is 0 Å². The molecule has 4 rings (SSSR count). The molecule has 0 bridgehead atoms. The van der Waals surface area contributed by atoms with Crippen LogP contribution in [0.4, 0.5) is 0 Å². The van der Waals surface area contributed by atoms with E-state index in [1.807, 2.05) is 36.4 Å². The Morgan fingerprint density at radius 2 is 1.70 bits per heavy atom. The van der Waals surface area contributed by atoms with Gasteiger partial charge in [0.1, 0.15) is 11.5 Å². The van der Waals surface area contributed by atoms with Gasteiger partial charge in [0, 0.05) is 31.6 Å². The van der Waals surface area contributed by atoms with Crippen LogP contribution in [-0.4, -0.2) is 48.8 Å². The summed E-state index contributed by atoms with van der Waals surface area (Å²) in [6, 6.07) is 19.0. The molecule has 1 unspecified atom stereocenters. The first-order valence-electron chi connectivity index (χ1n) is 12.7. The van der Waals surface area contributed by atoms with Crippen molar-refractivity contribution >= 4 is 29.3 Å². The number of benzene rings is 2. The number of aryl methyl sites for hydroxylation is 1. The van der Waals surface area contributed by atoms with Crippen LogP contribution in [0.2, 0.25) is 5.02 Å². The Hall–Kier alpha value is -3.58. The number of carbonyl (C=O) groups excluding carboxylic acids is 3. The maximum atomic E-state index is 13.5. The van der Waals surface area contributed by atoms with Crippen molar-refractivity contribution < 1.29 is 18.8 Å². The third kappa shape index (κ3) is 7.01. The molecule has 3 aromatic rings. The minimum Gasteiger partial charge on any atom is -0.460 e. The van der Waals surface area contributed by atoms with Gasteiger partial charge in [-0.3, -0.25) is 14.4 Å². The highest BCUT2D eigenvalue weighted by atomic mass is 35.5. The van der Waals surface area contributed by atoms with E-state index in [-0.39, 0.29) is 30.2 Å². The van der Waals surface area contributed by atoms with Gasteiger partial charge in [-0.05, 0) is 55.9 Å². The summed E-state index contributed by atoms with van der Waals surface area (Å²) in [5.41, 5.74) is 2.23. The average molecular weight is 522 g/mol. The zero-order chi connectivity index (χ0) is 26.2. The quantitative estimate of drug-likeness (QED) is 0.510. The zero-order valence-electron chi connectivity index (χ0n) is 21.0. The summed E-state index contributed by atoms with van der Waals surface area (Å²) < 4.78 is 5.87. The van der Waals surface area contributed by atoms with E-state index < -0.39 is 0 Å². The number of nitrogens with one attached hydrogen (secondary N) is 2. The fourth-order valence-electron chi connectivity index (χ4n) is 4.62. The molecule has 1 saturated heterocycles. The lowest BCUT2D eigenvalue weighted by atomic mass is 9.91. The highest BCUT2D eigenvalue weighted by Gasteiger charge is 2.24. The summed E-state index contributed by atoms with van der Waals surface area (Å²) in [6.07, 6.45) is 2.36. The first-order chi connectivity index (χ1) is 17.9. The molecule has 0 saturated carbocycles. The molecule has 1 fully saturated rings. The van der Waals surface area contributed by atoms with Crippen LogP contribution in [-0.2, 0) is 9.59 Å². The van der Waals surface area contributed by atoms with Crippen LogP contribution in [0.3, 0.4) is 0 Å². The van der Waals surface area contributed by atoms with Crippen LogP contribution in [0.1, 0.15) is 53.3 Å². The largest absolute Gasteiger partial charge is 0.460 e. The molecule has 1 aliphatic rings. The summed E-state index contributed by atoms with van der Waals surface area (Å²) >= 11 is 6.31. The van der Waals surface area contributed by atoms with Gasteiger partial charge in [0.2, 0.25) is 11.8 Å². The molecule has 2 heterocycles. The number of nitrogens with zero attached hydrogens (tertiary/aromatic N) is 1. The van der Waals surface area contributed by atoms with Crippen molar-refractivity contribution in [1.82, 2.24) is 15.5 Å². The Bertz CT molecular complexity index is 1240. The summed E-state index contributed by atoms with van der Waals surface area (Å²) in [7, 11) is 0. The first-order valence-corrected chi connectivity index (χ1v) is 13.0. The third-order valence-corrected chi connectivity index (χ3v) is 6.97. The van der Waals surface area contributed by atoms with Crippen molar-refractivity contribution in [3.05, 3.63) is 82.6 Å². The van der Waals surface area contributed by atoms with Crippen molar-refractivity contribution in [2.75, 3.05) is 26.2 Å². The van der Waals surface area contributed by atoms with Gasteiger partial charge < -0.3 is 20.0 Å². The van der Waals surface area contributed by atoms with Crippen LogP contribution in [0.25, 0.3) is 11.3 Å². The van der Waals surface area contributed by atoms with Crippen LogP contribution >= 0.6 is 11.6 Å². The molecule has 1 atom stereocenters. The van der Waals surface area contributed by atoms with Crippen molar-refractivity contribution in [2.24, 2.45) is 0 Å². The lowest BCUT2D eigenvalue weighted by molar-refractivity contribution is -0.123. The molecule has 7 nitrogen and oxygen atoms in total. The molecule has 1 aliphatic heterocycles. The number of hydrogen-bond acceptors (Lipinski definition) is 4. The minimum atomic E-state index is -0.296. The molecule has 1 aromatic heterocycles. The molecular weight excluding hydrogens is 490 g/mol.